The molecule has 0 saturated carbocycles. The lowest BCUT2D eigenvalue weighted by Gasteiger charge is -2.26. The largest absolute Gasteiger partial charge is 0.497 e. The number of methoxy groups -OCH3 is 1. The molecule has 0 aliphatic carbocycles. The monoisotopic (exact) mass is 315 g/mol. The Kier molecular flexibility index (Phi) is 5.01. The van der Waals surface area contributed by atoms with E-state index in [1.807, 2.05) is 18.2 Å². The van der Waals surface area contributed by atoms with Gasteiger partial charge in [-0.25, -0.2) is 4.39 Å². The van der Waals surface area contributed by atoms with Gasteiger partial charge in [0, 0.05) is 10.9 Å². The Balaban J connectivity index is 2.03. The molecule has 0 aromatic heterocycles. The van der Waals surface area contributed by atoms with E-state index in [0.29, 0.717) is 6.42 Å². The fraction of sp³-hybridized carbons (Fsp3) is 0.571. The first-order chi connectivity index (χ1) is 8.70. The Morgan fingerprint density at radius 2 is 2.17 bits per heavy atom. The van der Waals surface area contributed by atoms with Crippen LogP contribution in [0.1, 0.15) is 18.4 Å². The van der Waals surface area contributed by atoms with E-state index < -0.39 is 6.17 Å². The molecule has 0 bridgehead atoms. The van der Waals surface area contributed by atoms with Crippen LogP contribution in [0.3, 0.4) is 0 Å². The van der Waals surface area contributed by atoms with Crippen LogP contribution in [0.5, 0.6) is 5.75 Å². The van der Waals surface area contributed by atoms with Crippen LogP contribution in [-0.2, 0) is 6.42 Å². The van der Waals surface area contributed by atoms with Crippen LogP contribution in [0.15, 0.2) is 22.7 Å². The van der Waals surface area contributed by atoms with Crippen LogP contribution in [0.4, 0.5) is 4.39 Å². The van der Waals surface area contributed by atoms with Gasteiger partial charge in [-0.15, -0.1) is 0 Å². The van der Waals surface area contributed by atoms with Gasteiger partial charge in [-0.3, -0.25) is 0 Å². The van der Waals surface area contributed by atoms with Crippen molar-refractivity contribution in [3.05, 3.63) is 28.2 Å². The molecule has 1 aliphatic heterocycles. The maximum atomic E-state index is 14.3. The average molecular weight is 316 g/mol. The van der Waals surface area contributed by atoms with Gasteiger partial charge in [0.1, 0.15) is 11.9 Å². The number of rotatable bonds is 4. The summed E-state index contributed by atoms with van der Waals surface area (Å²) < 4.78 is 20.4. The highest BCUT2D eigenvalue weighted by molar-refractivity contribution is 9.10. The minimum Gasteiger partial charge on any atom is -0.497 e. The van der Waals surface area contributed by atoms with Crippen molar-refractivity contribution in [1.82, 2.24) is 5.32 Å². The van der Waals surface area contributed by atoms with Gasteiger partial charge in [-0.2, -0.15) is 0 Å². The first kappa shape index (κ1) is 13.8. The minimum absolute atomic E-state index is 0.185. The second-order valence-electron chi connectivity index (χ2n) is 4.76. The summed E-state index contributed by atoms with van der Waals surface area (Å²) in [6, 6.07) is 5.71. The van der Waals surface area contributed by atoms with E-state index in [9.17, 15) is 4.39 Å². The molecule has 1 aliphatic rings. The number of piperidine rings is 1. The Morgan fingerprint density at radius 3 is 2.83 bits per heavy atom. The zero-order valence-corrected chi connectivity index (χ0v) is 12.2. The highest BCUT2D eigenvalue weighted by Gasteiger charge is 2.24. The zero-order chi connectivity index (χ0) is 13.0. The van der Waals surface area contributed by atoms with Gasteiger partial charge in [0.15, 0.2) is 0 Å². The molecule has 2 rings (SSSR count). The molecule has 1 saturated heterocycles. The molecule has 1 unspecified atom stereocenters. The lowest BCUT2D eigenvalue weighted by atomic mass is 9.89. The summed E-state index contributed by atoms with van der Waals surface area (Å²) in [5.41, 5.74) is 0.986. The predicted molar refractivity (Wildman–Crippen MR) is 74.9 cm³/mol. The van der Waals surface area contributed by atoms with Crippen LogP contribution in [-0.4, -0.2) is 26.4 Å². The molecule has 1 atom stereocenters. The minimum atomic E-state index is -0.768. The first-order valence-electron chi connectivity index (χ1n) is 6.38. The van der Waals surface area contributed by atoms with E-state index >= 15 is 0 Å². The number of ether oxygens (including phenoxy) is 1. The molecule has 1 aromatic rings. The van der Waals surface area contributed by atoms with E-state index in [1.165, 1.54) is 0 Å². The third kappa shape index (κ3) is 3.45. The molecule has 1 aromatic carbocycles. The lowest BCUT2D eigenvalue weighted by Crippen LogP contribution is -2.33. The highest BCUT2D eigenvalue weighted by atomic mass is 79.9. The van der Waals surface area contributed by atoms with Crippen LogP contribution < -0.4 is 10.1 Å². The normalized spacial score (nSPS) is 18.6. The third-order valence-corrected chi connectivity index (χ3v) is 4.34. The highest BCUT2D eigenvalue weighted by Crippen LogP contribution is 2.28. The van der Waals surface area contributed by atoms with Crippen LogP contribution in [0.2, 0.25) is 0 Å². The predicted octanol–water partition coefficient (Wildman–Crippen LogP) is 3.34. The summed E-state index contributed by atoms with van der Waals surface area (Å²) in [4.78, 5) is 0. The van der Waals surface area contributed by atoms with Crippen molar-refractivity contribution < 1.29 is 9.13 Å². The van der Waals surface area contributed by atoms with E-state index in [2.05, 4.69) is 21.2 Å². The molecule has 100 valence electrons. The number of alkyl halides is 1. The molecule has 1 fully saturated rings. The van der Waals surface area contributed by atoms with Crippen molar-refractivity contribution in [2.75, 3.05) is 20.2 Å². The van der Waals surface area contributed by atoms with Crippen molar-refractivity contribution in [2.45, 2.75) is 25.4 Å². The van der Waals surface area contributed by atoms with E-state index in [0.717, 1.165) is 41.7 Å². The van der Waals surface area contributed by atoms with Gasteiger partial charge in [0.05, 0.1) is 7.11 Å². The van der Waals surface area contributed by atoms with Gasteiger partial charge in [0.25, 0.3) is 0 Å². The molecular weight excluding hydrogens is 297 g/mol. The van der Waals surface area contributed by atoms with Gasteiger partial charge in [0.2, 0.25) is 0 Å². The fourth-order valence-electron chi connectivity index (χ4n) is 2.42. The Morgan fingerprint density at radius 1 is 1.44 bits per heavy atom. The average Bonchev–Trinajstić information content (AvgIpc) is 2.42. The maximum Gasteiger partial charge on any atom is 0.119 e. The molecule has 0 amide bonds. The standard InChI is InChI=1S/C14H19BrFNO/c1-18-12-2-3-13(15)11(8-12)9-14(16)10-4-6-17-7-5-10/h2-3,8,10,14,17H,4-7,9H2,1H3. The van der Waals surface area contributed by atoms with Gasteiger partial charge >= 0.3 is 0 Å². The number of hydrogen-bond donors (Lipinski definition) is 1. The smallest absolute Gasteiger partial charge is 0.119 e. The van der Waals surface area contributed by atoms with Gasteiger partial charge in [-0.05, 0) is 55.6 Å². The molecule has 0 spiro atoms. The molecule has 4 heteroatoms. The number of hydrogen-bond acceptors (Lipinski definition) is 2. The first-order valence-corrected chi connectivity index (χ1v) is 7.17. The third-order valence-electron chi connectivity index (χ3n) is 3.56. The summed E-state index contributed by atoms with van der Waals surface area (Å²) in [6.45, 7) is 1.87. The van der Waals surface area contributed by atoms with Crippen molar-refractivity contribution >= 4 is 15.9 Å². The summed E-state index contributed by atoms with van der Waals surface area (Å²) >= 11 is 3.48. The Hall–Kier alpha value is -0.610. The number of nitrogens with one attached hydrogen (secondary N) is 1. The quantitative estimate of drug-likeness (QED) is 0.920. The van der Waals surface area contributed by atoms with E-state index in [4.69, 9.17) is 4.74 Å². The van der Waals surface area contributed by atoms with Crippen molar-refractivity contribution in [1.29, 1.82) is 0 Å². The van der Waals surface area contributed by atoms with Crippen molar-refractivity contribution in [2.24, 2.45) is 5.92 Å². The van der Waals surface area contributed by atoms with E-state index in [1.54, 1.807) is 7.11 Å². The molecule has 18 heavy (non-hydrogen) atoms. The fourth-order valence-corrected chi connectivity index (χ4v) is 2.83. The summed E-state index contributed by atoms with van der Waals surface area (Å²) in [6.07, 6.45) is 1.56. The van der Waals surface area contributed by atoms with Crippen molar-refractivity contribution in [3.63, 3.8) is 0 Å². The summed E-state index contributed by atoms with van der Waals surface area (Å²) in [5.74, 6) is 0.968. The van der Waals surface area contributed by atoms with Crippen LogP contribution in [0, 0.1) is 5.92 Å². The Labute approximate surface area is 116 Å². The topological polar surface area (TPSA) is 21.3 Å². The SMILES string of the molecule is COc1ccc(Br)c(CC(F)C2CCNCC2)c1. The Bertz CT molecular complexity index is 393. The number of halogens is 2. The molecule has 1 heterocycles. The molecule has 1 N–H and O–H groups in total. The molecular formula is C14H19BrFNO. The summed E-state index contributed by atoms with van der Waals surface area (Å²) in [5, 5.41) is 3.27. The van der Waals surface area contributed by atoms with Gasteiger partial charge < -0.3 is 10.1 Å². The van der Waals surface area contributed by atoms with Crippen LogP contribution >= 0.6 is 15.9 Å². The number of benzene rings is 1. The molecule has 2 nitrogen and oxygen atoms in total. The van der Waals surface area contributed by atoms with Gasteiger partial charge in [-0.1, -0.05) is 15.9 Å². The zero-order valence-electron chi connectivity index (χ0n) is 10.6. The second kappa shape index (κ2) is 6.53. The van der Waals surface area contributed by atoms with Crippen molar-refractivity contribution in [3.8, 4) is 5.75 Å². The van der Waals surface area contributed by atoms with E-state index in [-0.39, 0.29) is 5.92 Å². The molecule has 0 radical (unpaired) electrons. The summed E-state index contributed by atoms with van der Waals surface area (Å²) in [7, 11) is 1.63. The second-order valence-corrected chi connectivity index (χ2v) is 5.62. The lowest BCUT2D eigenvalue weighted by molar-refractivity contribution is 0.187. The maximum absolute atomic E-state index is 14.3. The van der Waals surface area contributed by atoms with Crippen LogP contribution in [0.25, 0.3) is 0 Å².